The molecule has 1 N–H and O–H groups in total. The van der Waals surface area contributed by atoms with Crippen molar-refractivity contribution in [1.82, 2.24) is 15.1 Å². The monoisotopic (exact) mass is 397 g/mol. The van der Waals surface area contributed by atoms with Gasteiger partial charge in [-0.1, -0.05) is 23.7 Å². The zero-order chi connectivity index (χ0) is 19.2. The highest BCUT2D eigenvalue weighted by Gasteiger charge is 2.23. The summed E-state index contributed by atoms with van der Waals surface area (Å²) in [7, 11) is 0. The number of benzene rings is 1. The first kappa shape index (κ1) is 21.1. The van der Waals surface area contributed by atoms with E-state index in [1.807, 2.05) is 49.9 Å². The summed E-state index contributed by atoms with van der Waals surface area (Å²) in [6, 6.07) is 7.71. The highest BCUT2D eigenvalue weighted by Crippen LogP contribution is 2.16. The molecule has 2 rings (SSSR count). The largest absolute Gasteiger partial charge is 0.350 e. The third kappa shape index (κ3) is 7.56. The van der Waals surface area contributed by atoms with Crippen molar-refractivity contribution in [1.29, 1.82) is 0 Å². The summed E-state index contributed by atoms with van der Waals surface area (Å²) < 4.78 is 0. The smallest absolute Gasteiger partial charge is 0.234 e. The highest BCUT2D eigenvalue weighted by molar-refractivity contribution is 7.99. The van der Waals surface area contributed by atoms with E-state index in [9.17, 15) is 9.59 Å². The number of hydrogen-bond acceptors (Lipinski definition) is 4. The zero-order valence-electron chi connectivity index (χ0n) is 15.8. The van der Waals surface area contributed by atoms with E-state index in [4.69, 9.17) is 11.6 Å². The molecule has 0 unspecified atom stereocenters. The first-order chi connectivity index (χ1) is 12.2. The van der Waals surface area contributed by atoms with Crippen molar-refractivity contribution < 1.29 is 9.59 Å². The van der Waals surface area contributed by atoms with Crippen molar-refractivity contribution in [3.63, 3.8) is 0 Å². The van der Waals surface area contributed by atoms with E-state index in [1.54, 1.807) is 11.8 Å². The summed E-state index contributed by atoms with van der Waals surface area (Å²) in [5.41, 5.74) is 0.956. The van der Waals surface area contributed by atoms with Crippen molar-refractivity contribution in [2.75, 3.05) is 38.5 Å². The van der Waals surface area contributed by atoms with E-state index in [2.05, 4.69) is 10.2 Å². The van der Waals surface area contributed by atoms with Gasteiger partial charge in [0.25, 0.3) is 0 Å². The Labute approximate surface area is 165 Å². The molecule has 0 spiro atoms. The predicted molar refractivity (Wildman–Crippen MR) is 109 cm³/mol. The summed E-state index contributed by atoms with van der Waals surface area (Å²) in [5, 5.41) is 3.70. The topological polar surface area (TPSA) is 52.7 Å². The van der Waals surface area contributed by atoms with E-state index in [-0.39, 0.29) is 17.4 Å². The predicted octanol–water partition coefficient (Wildman–Crippen LogP) is 2.63. The maximum Gasteiger partial charge on any atom is 0.234 e. The molecule has 0 saturated carbocycles. The number of nitrogens with one attached hydrogen (secondary N) is 1. The second-order valence-electron chi connectivity index (χ2n) is 7.57. The van der Waals surface area contributed by atoms with Gasteiger partial charge in [-0.15, -0.1) is 11.8 Å². The van der Waals surface area contributed by atoms with Gasteiger partial charge in [0.1, 0.15) is 0 Å². The van der Waals surface area contributed by atoms with Crippen LogP contribution in [-0.2, 0) is 15.3 Å². The van der Waals surface area contributed by atoms with Crippen LogP contribution in [0.5, 0.6) is 0 Å². The van der Waals surface area contributed by atoms with Gasteiger partial charge in [0.05, 0.1) is 12.3 Å². The quantitative estimate of drug-likeness (QED) is 0.801. The van der Waals surface area contributed by atoms with E-state index in [0.29, 0.717) is 25.4 Å². The summed E-state index contributed by atoms with van der Waals surface area (Å²) in [6.07, 6.45) is 0. The average Bonchev–Trinajstić information content (AvgIpc) is 2.55. The fourth-order valence-electron chi connectivity index (χ4n) is 2.74. The van der Waals surface area contributed by atoms with Gasteiger partial charge in [-0.25, -0.2) is 0 Å². The van der Waals surface area contributed by atoms with Crippen LogP contribution >= 0.6 is 23.4 Å². The van der Waals surface area contributed by atoms with E-state index < -0.39 is 0 Å². The Morgan fingerprint density at radius 3 is 2.31 bits per heavy atom. The standard InChI is InChI=1S/C19H28ClN3O2S/c1-19(2,3)21-17(24)12-22-8-10-23(11-9-22)18(25)14-26-13-15-4-6-16(20)7-5-15/h4-7H,8-14H2,1-3H3,(H,21,24). The molecular weight excluding hydrogens is 370 g/mol. The first-order valence-electron chi connectivity index (χ1n) is 8.86. The van der Waals surface area contributed by atoms with Crippen LogP contribution in [0.25, 0.3) is 0 Å². The molecule has 0 aliphatic carbocycles. The second-order valence-corrected chi connectivity index (χ2v) is 9.00. The van der Waals surface area contributed by atoms with Crippen LogP contribution in [0.2, 0.25) is 5.02 Å². The lowest BCUT2D eigenvalue weighted by atomic mass is 10.1. The van der Waals surface area contributed by atoms with Gasteiger partial charge in [-0.2, -0.15) is 0 Å². The van der Waals surface area contributed by atoms with E-state index in [1.165, 1.54) is 5.56 Å². The van der Waals surface area contributed by atoms with E-state index in [0.717, 1.165) is 23.9 Å². The molecule has 0 radical (unpaired) electrons. The third-order valence-electron chi connectivity index (χ3n) is 4.01. The van der Waals surface area contributed by atoms with Crippen molar-refractivity contribution >= 4 is 35.2 Å². The Bertz CT molecular complexity index is 608. The van der Waals surface area contributed by atoms with Crippen LogP contribution in [0.15, 0.2) is 24.3 Å². The maximum atomic E-state index is 12.3. The van der Waals surface area contributed by atoms with Gasteiger partial charge in [-0.05, 0) is 38.5 Å². The van der Waals surface area contributed by atoms with Crippen LogP contribution < -0.4 is 5.32 Å². The number of nitrogens with zero attached hydrogens (tertiary/aromatic N) is 2. The molecule has 1 saturated heterocycles. The summed E-state index contributed by atoms with van der Waals surface area (Å²) in [5.74, 6) is 1.49. The molecule has 2 amide bonds. The number of halogens is 1. The van der Waals surface area contributed by atoms with Gasteiger partial charge < -0.3 is 10.2 Å². The molecule has 1 heterocycles. The van der Waals surface area contributed by atoms with Gasteiger partial charge in [-0.3, -0.25) is 14.5 Å². The number of hydrogen-bond donors (Lipinski definition) is 1. The maximum absolute atomic E-state index is 12.3. The summed E-state index contributed by atoms with van der Waals surface area (Å²) in [6.45, 7) is 9.17. The average molecular weight is 398 g/mol. The number of amides is 2. The lowest BCUT2D eigenvalue weighted by molar-refractivity contribution is -0.130. The van der Waals surface area contributed by atoms with Crippen LogP contribution in [0, 0.1) is 0 Å². The van der Waals surface area contributed by atoms with Gasteiger partial charge in [0, 0.05) is 42.5 Å². The minimum absolute atomic E-state index is 0.0378. The van der Waals surface area contributed by atoms with Gasteiger partial charge >= 0.3 is 0 Å². The normalized spacial score (nSPS) is 15.8. The third-order valence-corrected chi connectivity index (χ3v) is 5.25. The Hall–Kier alpha value is -1.24. The number of carbonyl (C=O) groups excluding carboxylic acids is 2. The number of piperazine rings is 1. The zero-order valence-corrected chi connectivity index (χ0v) is 17.3. The summed E-state index contributed by atoms with van der Waals surface area (Å²) >= 11 is 7.50. The van der Waals surface area contributed by atoms with Crippen LogP contribution in [0.4, 0.5) is 0 Å². The van der Waals surface area contributed by atoms with Crippen molar-refractivity contribution in [3.05, 3.63) is 34.9 Å². The molecule has 26 heavy (non-hydrogen) atoms. The fourth-order valence-corrected chi connectivity index (χ4v) is 3.76. The molecule has 0 bridgehead atoms. The molecule has 7 heteroatoms. The van der Waals surface area contributed by atoms with Crippen LogP contribution in [0.3, 0.4) is 0 Å². The van der Waals surface area contributed by atoms with E-state index >= 15 is 0 Å². The Balaban J connectivity index is 1.66. The lowest BCUT2D eigenvalue weighted by Gasteiger charge is -2.35. The van der Waals surface area contributed by atoms with Gasteiger partial charge in [0.15, 0.2) is 0 Å². The molecule has 144 valence electrons. The Morgan fingerprint density at radius 1 is 1.12 bits per heavy atom. The minimum Gasteiger partial charge on any atom is -0.350 e. The van der Waals surface area contributed by atoms with Crippen molar-refractivity contribution in [2.45, 2.75) is 32.1 Å². The molecule has 1 aliphatic heterocycles. The minimum atomic E-state index is -0.212. The molecule has 1 aromatic carbocycles. The number of rotatable bonds is 6. The van der Waals surface area contributed by atoms with Gasteiger partial charge in [0.2, 0.25) is 11.8 Å². The Morgan fingerprint density at radius 2 is 1.73 bits per heavy atom. The molecule has 5 nitrogen and oxygen atoms in total. The van der Waals surface area contributed by atoms with Crippen LogP contribution in [0.1, 0.15) is 26.3 Å². The molecule has 1 aliphatic rings. The summed E-state index contributed by atoms with van der Waals surface area (Å²) in [4.78, 5) is 28.3. The lowest BCUT2D eigenvalue weighted by Crippen LogP contribution is -2.53. The first-order valence-corrected chi connectivity index (χ1v) is 10.4. The molecular formula is C19H28ClN3O2S. The van der Waals surface area contributed by atoms with Crippen molar-refractivity contribution in [2.24, 2.45) is 0 Å². The number of carbonyl (C=O) groups is 2. The fraction of sp³-hybridized carbons (Fsp3) is 0.579. The van der Waals surface area contributed by atoms with Crippen molar-refractivity contribution in [3.8, 4) is 0 Å². The molecule has 0 atom stereocenters. The molecule has 1 aromatic rings. The van der Waals surface area contributed by atoms with Crippen LogP contribution in [-0.4, -0.2) is 65.6 Å². The molecule has 0 aromatic heterocycles. The Kier molecular flexibility index (Phi) is 7.80. The second kappa shape index (κ2) is 9.62. The molecule has 1 fully saturated rings. The SMILES string of the molecule is CC(C)(C)NC(=O)CN1CCN(C(=O)CSCc2ccc(Cl)cc2)CC1. The highest BCUT2D eigenvalue weighted by atomic mass is 35.5. The number of thioether (sulfide) groups is 1.